The van der Waals surface area contributed by atoms with Crippen molar-refractivity contribution in [3.05, 3.63) is 71.3 Å². The van der Waals surface area contributed by atoms with Crippen LogP contribution in [0.1, 0.15) is 51.6 Å². The van der Waals surface area contributed by atoms with Crippen molar-refractivity contribution in [1.82, 2.24) is 20.1 Å². The van der Waals surface area contributed by atoms with Crippen molar-refractivity contribution < 1.29 is 14.3 Å². The minimum atomic E-state index is -0.300. The molecule has 0 spiro atoms. The average molecular weight is 419 g/mol. The van der Waals surface area contributed by atoms with Gasteiger partial charge in [0.1, 0.15) is 11.6 Å². The molecular weight excluding hydrogens is 394 g/mol. The normalized spacial score (nSPS) is 13.1. The van der Waals surface area contributed by atoms with Crippen molar-refractivity contribution in [2.45, 2.75) is 38.8 Å². The predicted molar refractivity (Wildman–Crippen MR) is 116 cm³/mol. The van der Waals surface area contributed by atoms with Crippen LogP contribution in [0, 0.1) is 0 Å². The summed E-state index contributed by atoms with van der Waals surface area (Å²) < 4.78 is 7.22. The Labute approximate surface area is 180 Å². The number of anilines is 1. The molecule has 1 aliphatic rings. The minimum Gasteiger partial charge on any atom is -0.497 e. The largest absolute Gasteiger partial charge is 0.497 e. The molecule has 0 atom stereocenters. The number of carbonyl (C=O) groups is 2. The molecule has 1 aromatic heterocycles. The summed E-state index contributed by atoms with van der Waals surface area (Å²) in [5.74, 6) is 1.82. The lowest BCUT2D eigenvalue weighted by Crippen LogP contribution is -2.26. The number of hydrogen-bond donors (Lipinski definition) is 2. The molecule has 1 aliphatic heterocycles. The molecule has 0 bridgehead atoms. The Bertz CT molecular complexity index is 1080. The quantitative estimate of drug-likeness (QED) is 0.639. The van der Waals surface area contributed by atoms with Crippen LogP contribution in [0.5, 0.6) is 5.75 Å². The van der Waals surface area contributed by atoms with Gasteiger partial charge in [0.15, 0.2) is 5.82 Å². The molecule has 2 amide bonds. The molecule has 8 heteroatoms. The number of methoxy groups -OCH3 is 1. The SMILES string of the molecule is COc1ccc(C(=O)Nc2ccccc2C(=O)NCc2nnc3n2CCCCC3)cc1. The summed E-state index contributed by atoms with van der Waals surface area (Å²) in [6, 6.07) is 13.7. The average Bonchev–Trinajstić information content (AvgIpc) is 3.03. The summed E-state index contributed by atoms with van der Waals surface area (Å²) in [7, 11) is 1.57. The summed E-state index contributed by atoms with van der Waals surface area (Å²) in [6.45, 7) is 1.16. The zero-order valence-electron chi connectivity index (χ0n) is 17.4. The predicted octanol–water partition coefficient (Wildman–Crippen LogP) is 3.20. The number of nitrogens with zero attached hydrogens (tertiary/aromatic N) is 3. The van der Waals surface area contributed by atoms with Crippen LogP contribution in [0.4, 0.5) is 5.69 Å². The topological polar surface area (TPSA) is 98.1 Å². The highest BCUT2D eigenvalue weighted by Crippen LogP contribution is 2.19. The molecule has 0 aliphatic carbocycles. The molecule has 2 N–H and O–H groups in total. The fourth-order valence-corrected chi connectivity index (χ4v) is 3.66. The van der Waals surface area contributed by atoms with Gasteiger partial charge in [0.05, 0.1) is 24.9 Å². The van der Waals surface area contributed by atoms with Gasteiger partial charge < -0.3 is 19.9 Å². The van der Waals surface area contributed by atoms with Crippen molar-refractivity contribution in [3.8, 4) is 5.75 Å². The van der Waals surface area contributed by atoms with E-state index in [1.54, 1.807) is 55.6 Å². The summed E-state index contributed by atoms with van der Waals surface area (Å²) in [4.78, 5) is 25.5. The van der Waals surface area contributed by atoms with Gasteiger partial charge in [-0.15, -0.1) is 10.2 Å². The summed E-state index contributed by atoms with van der Waals surface area (Å²) in [5.41, 5.74) is 1.31. The third-order valence-corrected chi connectivity index (χ3v) is 5.37. The second-order valence-corrected chi connectivity index (χ2v) is 7.41. The first kappa shape index (κ1) is 20.6. The number of benzene rings is 2. The first-order chi connectivity index (χ1) is 15.2. The minimum absolute atomic E-state index is 0.281. The van der Waals surface area contributed by atoms with Gasteiger partial charge in [0.2, 0.25) is 0 Å². The van der Waals surface area contributed by atoms with Crippen molar-refractivity contribution in [3.63, 3.8) is 0 Å². The maximum Gasteiger partial charge on any atom is 0.255 e. The number of amides is 2. The monoisotopic (exact) mass is 419 g/mol. The third-order valence-electron chi connectivity index (χ3n) is 5.37. The zero-order valence-corrected chi connectivity index (χ0v) is 17.4. The highest BCUT2D eigenvalue weighted by molar-refractivity contribution is 6.09. The van der Waals surface area contributed by atoms with Gasteiger partial charge in [-0.3, -0.25) is 9.59 Å². The van der Waals surface area contributed by atoms with E-state index in [0.717, 1.165) is 37.5 Å². The fraction of sp³-hybridized carbons (Fsp3) is 0.304. The van der Waals surface area contributed by atoms with Crippen LogP contribution in [0.25, 0.3) is 0 Å². The second-order valence-electron chi connectivity index (χ2n) is 7.41. The van der Waals surface area contributed by atoms with E-state index in [0.29, 0.717) is 22.6 Å². The first-order valence-corrected chi connectivity index (χ1v) is 10.4. The lowest BCUT2D eigenvalue weighted by atomic mass is 10.1. The number of carbonyl (C=O) groups excluding carboxylic acids is 2. The Morgan fingerprint density at radius 1 is 1.00 bits per heavy atom. The number of nitrogens with one attached hydrogen (secondary N) is 2. The number of rotatable bonds is 6. The van der Waals surface area contributed by atoms with Gasteiger partial charge in [-0.2, -0.15) is 0 Å². The van der Waals surface area contributed by atoms with E-state index < -0.39 is 0 Å². The molecule has 160 valence electrons. The van der Waals surface area contributed by atoms with Crippen LogP contribution in [0.15, 0.2) is 48.5 Å². The zero-order chi connectivity index (χ0) is 21.6. The Morgan fingerprint density at radius 3 is 2.61 bits per heavy atom. The molecule has 0 radical (unpaired) electrons. The van der Waals surface area contributed by atoms with E-state index in [1.165, 1.54) is 6.42 Å². The maximum atomic E-state index is 12.9. The number of aryl methyl sites for hydroxylation is 1. The molecule has 3 aromatic rings. The highest BCUT2D eigenvalue weighted by atomic mass is 16.5. The fourth-order valence-electron chi connectivity index (χ4n) is 3.66. The summed E-state index contributed by atoms with van der Waals surface area (Å²) in [6.07, 6.45) is 4.30. The van der Waals surface area contributed by atoms with E-state index in [1.807, 2.05) is 0 Å². The van der Waals surface area contributed by atoms with Crippen molar-refractivity contribution in [2.24, 2.45) is 0 Å². The molecular formula is C23H25N5O3. The Kier molecular flexibility index (Phi) is 6.26. The summed E-state index contributed by atoms with van der Waals surface area (Å²) >= 11 is 0. The van der Waals surface area contributed by atoms with Crippen LogP contribution >= 0.6 is 0 Å². The van der Waals surface area contributed by atoms with Gasteiger partial charge in [-0.25, -0.2) is 0 Å². The van der Waals surface area contributed by atoms with Crippen molar-refractivity contribution in [1.29, 1.82) is 0 Å². The van der Waals surface area contributed by atoms with Gasteiger partial charge in [0, 0.05) is 18.5 Å². The molecule has 0 fully saturated rings. The molecule has 2 heterocycles. The molecule has 0 saturated carbocycles. The Morgan fingerprint density at radius 2 is 1.81 bits per heavy atom. The Balaban J connectivity index is 1.44. The number of aromatic nitrogens is 3. The molecule has 4 rings (SSSR count). The van der Waals surface area contributed by atoms with Crippen molar-refractivity contribution >= 4 is 17.5 Å². The highest BCUT2D eigenvalue weighted by Gasteiger charge is 2.17. The number of hydrogen-bond acceptors (Lipinski definition) is 5. The Hall–Kier alpha value is -3.68. The second kappa shape index (κ2) is 9.42. The summed E-state index contributed by atoms with van der Waals surface area (Å²) in [5, 5.41) is 14.2. The molecule has 2 aromatic carbocycles. The van der Waals surface area contributed by atoms with E-state index in [4.69, 9.17) is 4.74 Å². The number of ether oxygens (including phenoxy) is 1. The van der Waals surface area contributed by atoms with E-state index in [9.17, 15) is 9.59 Å². The first-order valence-electron chi connectivity index (χ1n) is 10.4. The van der Waals surface area contributed by atoms with Crippen LogP contribution < -0.4 is 15.4 Å². The van der Waals surface area contributed by atoms with Crippen molar-refractivity contribution in [2.75, 3.05) is 12.4 Å². The lowest BCUT2D eigenvalue weighted by Gasteiger charge is -2.12. The number of fused-ring (bicyclic) bond motifs is 1. The smallest absolute Gasteiger partial charge is 0.255 e. The molecule has 0 unspecified atom stereocenters. The van der Waals surface area contributed by atoms with Gasteiger partial charge in [-0.05, 0) is 49.2 Å². The molecule has 0 saturated heterocycles. The molecule has 31 heavy (non-hydrogen) atoms. The van der Waals surface area contributed by atoms with Gasteiger partial charge in [0.25, 0.3) is 11.8 Å². The third kappa shape index (κ3) is 4.74. The van der Waals surface area contributed by atoms with Crippen LogP contribution in [0.3, 0.4) is 0 Å². The van der Waals surface area contributed by atoms with E-state index in [-0.39, 0.29) is 18.4 Å². The van der Waals surface area contributed by atoms with Crippen LogP contribution in [-0.2, 0) is 19.5 Å². The standard InChI is InChI=1S/C23H25N5O3/c1-31-17-12-10-16(11-13-17)22(29)25-19-8-5-4-7-18(19)23(30)24-15-21-27-26-20-9-3-2-6-14-28(20)21/h4-5,7-8,10-13H,2-3,6,9,14-15H2,1H3,(H,24,30)(H,25,29). The van der Waals surface area contributed by atoms with Crippen LogP contribution in [-0.4, -0.2) is 33.7 Å². The van der Waals surface area contributed by atoms with Crippen LogP contribution in [0.2, 0.25) is 0 Å². The molecule has 8 nitrogen and oxygen atoms in total. The maximum absolute atomic E-state index is 12.9. The van der Waals surface area contributed by atoms with E-state index >= 15 is 0 Å². The lowest BCUT2D eigenvalue weighted by molar-refractivity contribution is 0.0950. The van der Waals surface area contributed by atoms with E-state index in [2.05, 4.69) is 25.4 Å². The van der Waals surface area contributed by atoms with Gasteiger partial charge in [-0.1, -0.05) is 18.6 Å². The van der Waals surface area contributed by atoms with Gasteiger partial charge >= 0.3 is 0 Å². The number of para-hydroxylation sites is 1.